The smallest absolute Gasteiger partial charge is 0.338 e. The van der Waals surface area contributed by atoms with Gasteiger partial charge in [-0.2, -0.15) is 0 Å². The van der Waals surface area contributed by atoms with Gasteiger partial charge in [0.15, 0.2) is 5.17 Å². The highest BCUT2D eigenvalue weighted by Crippen LogP contribution is 2.36. The summed E-state index contributed by atoms with van der Waals surface area (Å²) in [5.41, 5.74) is 1.63. The van der Waals surface area contributed by atoms with Crippen molar-refractivity contribution in [3.8, 4) is 0 Å². The molecule has 0 atom stereocenters. The first-order valence-corrected chi connectivity index (χ1v) is 10.5. The zero-order valence-corrected chi connectivity index (χ0v) is 18.1. The van der Waals surface area contributed by atoms with Gasteiger partial charge in [-0.05, 0) is 61.5 Å². The van der Waals surface area contributed by atoms with Gasteiger partial charge in [-0.3, -0.25) is 9.69 Å². The molecule has 0 aliphatic carbocycles. The quantitative estimate of drug-likeness (QED) is 0.428. The second-order valence-corrected chi connectivity index (χ2v) is 7.76. The standard InChI is InChI=1S/C21H18Cl2N2O3S/c1-3-25-19(26)17(12-13-7-6-10-16(22)18(13)23)29-21(25)24-15-9-5-8-14(11-15)20(27)28-4-2/h5-12H,3-4H2,1-2H3. The molecule has 0 saturated carbocycles. The first-order chi connectivity index (χ1) is 13.9. The monoisotopic (exact) mass is 448 g/mol. The number of ether oxygens (including phenoxy) is 1. The molecule has 1 saturated heterocycles. The number of amides is 1. The number of benzene rings is 2. The first kappa shape index (κ1) is 21.4. The molecule has 0 unspecified atom stereocenters. The van der Waals surface area contributed by atoms with Crippen LogP contribution in [0.5, 0.6) is 0 Å². The van der Waals surface area contributed by atoms with E-state index in [9.17, 15) is 9.59 Å². The van der Waals surface area contributed by atoms with Gasteiger partial charge in [0.1, 0.15) is 0 Å². The molecule has 0 radical (unpaired) electrons. The molecule has 1 heterocycles. The van der Waals surface area contributed by atoms with E-state index in [1.165, 1.54) is 11.8 Å². The molecule has 1 aliphatic heterocycles. The zero-order valence-electron chi connectivity index (χ0n) is 15.8. The molecule has 3 rings (SSSR count). The second-order valence-electron chi connectivity index (χ2n) is 5.97. The molecule has 2 aromatic rings. The van der Waals surface area contributed by atoms with E-state index in [1.54, 1.807) is 60.4 Å². The van der Waals surface area contributed by atoms with Crippen LogP contribution < -0.4 is 0 Å². The fourth-order valence-corrected chi connectivity index (χ4v) is 4.09. The van der Waals surface area contributed by atoms with E-state index in [0.29, 0.717) is 50.1 Å². The lowest BCUT2D eigenvalue weighted by Crippen LogP contribution is -2.28. The lowest BCUT2D eigenvalue weighted by Gasteiger charge is -2.12. The van der Waals surface area contributed by atoms with Gasteiger partial charge in [-0.15, -0.1) is 0 Å². The summed E-state index contributed by atoms with van der Waals surface area (Å²) in [6, 6.07) is 12.1. The highest BCUT2D eigenvalue weighted by molar-refractivity contribution is 8.18. The summed E-state index contributed by atoms with van der Waals surface area (Å²) in [6.45, 7) is 4.38. The van der Waals surface area contributed by atoms with Crippen molar-refractivity contribution in [3.05, 3.63) is 68.5 Å². The Morgan fingerprint density at radius 3 is 2.69 bits per heavy atom. The average Bonchev–Trinajstić information content (AvgIpc) is 3.00. The molecule has 8 heteroatoms. The van der Waals surface area contributed by atoms with Crippen molar-refractivity contribution < 1.29 is 14.3 Å². The first-order valence-electron chi connectivity index (χ1n) is 8.95. The average molecular weight is 449 g/mol. The lowest BCUT2D eigenvalue weighted by atomic mass is 10.2. The molecule has 150 valence electrons. The number of hydrogen-bond donors (Lipinski definition) is 0. The van der Waals surface area contributed by atoms with Crippen LogP contribution in [0.4, 0.5) is 5.69 Å². The number of likely N-dealkylation sites (N-methyl/N-ethyl adjacent to an activating group) is 1. The van der Waals surface area contributed by atoms with Gasteiger partial charge in [-0.1, -0.05) is 41.4 Å². The third-order valence-corrected chi connectivity index (χ3v) is 5.89. The maximum atomic E-state index is 12.8. The second kappa shape index (κ2) is 9.48. The van der Waals surface area contributed by atoms with Crippen LogP contribution in [0.3, 0.4) is 0 Å². The number of hydrogen-bond acceptors (Lipinski definition) is 5. The van der Waals surface area contributed by atoms with Crippen molar-refractivity contribution in [2.24, 2.45) is 4.99 Å². The van der Waals surface area contributed by atoms with Crippen LogP contribution in [0.1, 0.15) is 29.8 Å². The number of carbonyl (C=O) groups is 2. The minimum atomic E-state index is -0.409. The van der Waals surface area contributed by atoms with E-state index in [0.717, 1.165) is 0 Å². The largest absolute Gasteiger partial charge is 0.462 e. The van der Waals surface area contributed by atoms with Gasteiger partial charge < -0.3 is 4.74 Å². The van der Waals surface area contributed by atoms with Crippen LogP contribution >= 0.6 is 35.0 Å². The molecule has 0 spiro atoms. The fraction of sp³-hybridized carbons (Fsp3) is 0.190. The Morgan fingerprint density at radius 1 is 1.21 bits per heavy atom. The number of esters is 1. The van der Waals surface area contributed by atoms with Gasteiger partial charge in [0.2, 0.25) is 0 Å². The Hall–Kier alpha value is -2.28. The molecule has 2 aromatic carbocycles. The normalized spacial score (nSPS) is 16.7. The van der Waals surface area contributed by atoms with Crippen molar-refractivity contribution in [1.82, 2.24) is 4.90 Å². The Morgan fingerprint density at radius 2 is 1.97 bits per heavy atom. The van der Waals surface area contributed by atoms with Crippen molar-refractivity contribution in [2.45, 2.75) is 13.8 Å². The minimum Gasteiger partial charge on any atom is -0.462 e. The Bertz CT molecular complexity index is 1020. The topological polar surface area (TPSA) is 59.0 Å². The molecule has 1 aliphatic rings. The van der Waals surface area contributed by atoms with Crippen LogP contribution in [0.2, 0.25) is 10.0 Å². The molecule has 0 bridgehead atoms. The fourth-order valence-electron chi connectivity index (χ4n) is 2.67. The molecule has 29 heavy (non-hydrogen) atoms. The van der Waals surface area contributed by atoms with E-state index >= 15 is 0 Å². The van der Waals surface area contributed by atoms with Crippen LogP contribution in [-0.4, -0.2) is 35.1 Å². The maximum absolute atomic E-state index is 12.8. The highest BCUT2D eigenvalue weighted by Gasteiger charge is 2.32. The predicted molar refractivity (Wildman–Crippen MR) is 119 cm³/mol. The Labute approximate surface area is 183 Å². The van der Waals surface area contributed by atoms with Gasteiger partial charge in [0, 0.05) is 6.54 Å². The van der Waals surface area contributed by atoms with Crippen molar-refractivity contribution in [3.63, 3.8) is 0 Å². The summed E-state index contributed by atoms with van der Waals surface area (Å²) < 4.78 is 5.03. The van der Waals surface area contributed by atoms with Gasteiger partial charge in [-0.25, -0.2) is 9.79 Å². The number of rotatable bonds is 5. The number of nitrogens with zero attached hydrogens (tertiary/aromatic N) is 2. The van der Waals surface area contributed by atoms with Crippen molar-refractivity contribution >= 4 is 63.8 Å². The summed E-state index contributed by atoms with van der Waals surface area (Å²) in [5, 5.41) is 1.35. The summed E-state index contributed by atoms with van der Waals surface area (Å²) >= 11 is 13.6. The molecule has 1 amide bonds. The van der Waals surface area contributed by atoms with Crippen molar-refractivity contribution in [1.29, 1.82) is 0 Å². The highest BCUT2D eigenvalue weighted by atomic mass is 35.5. The number of halogens is 2. The summed E-state index contributed by atoms with van der Waals surface area (Å²) in [4.78, 5) is 31.4. The van der Waals surface area contributed by atoms with Crippen LogP contribution in [-0.2, 0) is 9.53 Å². The lowest BCUT2D eigenvalue weighted by molar-refractivity contribution is -0.122. The van der Waals surface area contributed by atoms with Gasteiger partial charge >= 0.3 is 5.97 Å². The van der Waals surface area contributed by atoms with Crippen LogP contribution in [0.15, 0.2) is 52.4 Å². The zero-order chi connectivity index (χ0) is 21.0. The van der Waals surface area contributed by atoms with Gasteiger partial charge in [0.25, 0.3) is 5.91 Å². The molecule has 0 N–H and O–H groups in total. The summed E-state index contributed by atoms with van der Waals surface area (Å²) in [7, 11) is 0. The summed E-state index contributed by atoms with van der Waals surface area (Å²) in [5.74, 6) is -0.568. The predicted octanol–water partition coefficient (Wildman–Crippen LogP) is 5.79. The Kier molecular flexibility index (Phi) is 7.00. The Balaban J connectivity index is 1.93. The number of carbonyl (C=O) groups excluding carboxylic acids is 2. The van der Waals surface area contributed by atoms with E-state index in [1.807, 2.05) is 6.92 Å². The molecule has 1 fully saturated rings. The molecule has 5 nitrogen and oxygen atoms in total. The van der Waals surface area contributed by atoms with Crippen LogP contribution in [0.25, 0.3) is 6.08 Å². The number of thioether (sulfide) groups is 1. The van der Waals surface area contributed by atoms with E-state index in [2.05, 4.69) is 4.99 Å². The van der Waals surface area contributed by atoms with E-state index in [-0.39, 0.29) is 5.91 Å². The van der Waals surface area contributed by atoms with Crippen molar-refractivity contribution in [2.75, 3.05) is 13.2 Å². The van der Waals surface area contributed by atoms with Gasteiger partial charge in [0.05, 0.1) is 32.8 Å². The number of amidine groups is 1. The van der Waals surface area contributed by atoms with Crippen LogP contribution in [0, 0.1) is 0 Å². The minimum absolute atomic E-state index is 0.158. The summed E-state index contributed by atoms with van der Waals surface area (Å²) in [6.07, 6.45) is 1.71. The SMILES string of the molecule is CCOC(=O)c1cccc(N=C2SC(=Cc3cccc(Cl)c3Cl)C(=O)N2CC)c1. The molecular weight excluding hydrogens is 431 g/mol. The third kappa shape index (κ3) is 4.83. The molecular formula is C21H18Cl2N2O3S. The van der Waals surface area contributed by atoms with E-state index < -0.39 is 5.97 Å². The third-order valence-electron chi connectivity index (χ3n) is 4.05. The maximum Gasteiger partial charge on any atom is 0.338 e. The number of aliphatic imine (C=N–C) groups is 1. The van der Waals surface area contributed by atoms with E-state index in [4.69, 9.17) is 27.9 Å². The molecule has 0 aromatic heterocycles.